The van der Waals surface area contributed by atoms with Gasteiger partial charge in [0.25, 0.3) is 0 Å². The average Bonchev–Trinajstić information content (AvgIpc) is 2.85. The normalized spacial score (nSPS) is 11.4. The number of carbonyl (C=O) groups is 1. The van der Waals surface area contributed by atoms with Gasteiger partial charge < -0.3 is 5.32 Å². The van der Waals surface area contributed by atoms with Crippen LogP contribution in [0.3, 0.4) is 0 Å². The number of aromatic nitrogens is 1. The first-order valence-electron chi connectivity index (χ1n) is 6.60. The minimum absolute atomic E-state index is 0.0838. The Bertz CT molecular complexity index is 752. The number of anilines is 1. The predicted octanol–water partition coefficient (Wildman–Crippen LogP) is 2.00. The van der Waals surface area contributed by atoms with Crippen molar-refractivity contribution in [2.45, 2.75) is 13.3 Å². The Balaban J connectivity index is 1.90. The van der Waals surface area contributed by atoms with Crippen LogP contribution in [0.25, 0.3) is 10.6 Å². The molecule has 0 aliphatic heterocycles. The summed E-state index contributed by atoms with van der Waals surface area (Å²) in [5, 5.41) is 5.64. The summed E-state index contributed by atoms with van der Waals surface area (Å²) in [6, 6.07) is 7.38. The molecule has 0 aliphatic rings. The lowest BCUT2D eigenvalue weighted by Gasteiger charge is -2.06. The largest absolute Gasteiger partial charge is 0.326 e. The number of carbonyl (C=O) groups excluding carboxylic acids is 1. The maximum atomic E-state index is 11.7. The van der Waals surface area contributed by atoms with Crippen LogP contribution in [0.1, 0.15) is 12.1 Å². The first-order chi connectivity index (χ1) is 10.3. The lowest BCUT2D eigenvalue weighted by Crippen LogP contribution is -2.26. The summed E-state index contributed by atoms with van der Waals surface area (Å²) >= 11 is 1.57. The Kier molecular flexibility index (Phi) is 5.28. The molecule has 2 N–H and O–H groups in total. The second-order valence-corrected chi connectivity index (χ2v) is 7.53. The van der Waals surface area contributed by atoms with Crippen LogP contribution in [0.5, 0.6) is 0 Å². The summed E-state index contributed by atoms with van der Waals surface area (Å²) in [5.41, 5.74) is 2.65. The van der Waals surface area contributed by atoms with Crippen molar-refractivity contribution in [3.63, 3.8) is 0 Å². The second-order valence-electron chi connectivity index (χ2n) is 4.84. The topological polar surface area (TPSA) is 88.2 Å². The SMILES string of the molecule is Cc1csc(-c2ccc(NC(=O)CCNS(C)(=O)=O)cc2)n1. The lowest BCUT2D eigenvalue weighted by molar-refractivity contribution is -0.116. The third kappa shape index (κ3) is 5.21. The number of aryl methyl sites for hydroxylation is 1. The van der Waals surface area contributed by atoms with E-state index in [4.69, 9.17) is 0 Å². The van der Waals surface area contributed by atoms with E-state index >= 15 is 0 Å². The van der Waals surface area contributed by atoms with E-state index < -0.39 is 10.0 Å². The van der Waals surface area contributed by atoms with E-state index in [1.807, 2.05) is 24.4 Å². The van der Waals surface area contributed by atoms with Crippen molar-refractivity contribution in [2.75, 3.05) is 18.1 Å². The fraction of sp³-hybridized carbons (Fsp3) is 0.286. The Labute approximate surface area is 133 Å². The molecule has 2 aromatic rings. The maximum absolute atomic E-state index is 11.7. The molecule has 1 aromatic carbocycles. The number of sulfonamides is 1. The van der Waals surface area contributed by atoms with E-state index in [0.717, 1.165) is 22.5 Å². The van der Waals surface area contributed by atoms with Gasteiger partial charge in [-0.1, -0.05) is 0 Å². The van der Waals surface area contributed by atoms with Crippen LogP contribution in [0.4, 0.5) is 5.69 Å². The summed E-state index contributed by atoms with van der Waals surface area (Å²) in [5.74, 6) is -0.242. The zero-order valence-electron chi connectivity index (χ0n) is 12.3. The number of rotatable bonds is 6. The van der Waals surface area contributed by atoms with Crippen molar-refractivity contribution in [2.24, 2.45) is 0 Å². The summed E-state index contributed by atoms with van der Waals surface area (Å²) in [7, 11) is -3.26. The third-order valence-electron chi connectivity index (χ3n) is 2.75. The van der Waals surface area contributed by atoms with Crippen LogP contribution in [0.15, 0.2) is 29.6 Å². The van der Waals surface area contributed by atoms with Crippen molar-refractivity contribution in [1.82, 2.24) is 9.71 Å². The Morgan fingerprint density at radius 1 is 1.27 bits per heavy atom. The van der Waals surface area contributed by atoms with Crippen molar-refractivity contribution in [1.29, 1.82) is 0 Å². The van der Waals surface area contributed by atoms with Crippen LogP contribution in [-0.2, 0) is 14.8 Å². The molecule has 0 fully saturated rings. The summed E-state index contributed by atoms with van der Waals surface area (Å²) < 4.78 is 24.1. The van der Waals surface area contributed by atoms with Gasteiger partial charge in [-0.3, -0.25) is 4.79 Å². The van der Waals surface area contributed by atoms with Gasteiger partial charge in [-0.2, -0.15) is 0 Å². The number of amides is 1. The van der Waals surface area contributed by atoms with Gasteiger partial charge in [0.05, 0.1) is 6.26 Å². The average molecular weight is 339 g/mol. The zero-order valence-corrected chi connectivity index (χ0v) is 13.9. The van der Waals surface area contributed by atoms with Gasteiger partial charge in [-0.05, 0) is 31.2 Å². The van der Waals surface area contributed by atoms with Crippen molar-refractivity contribution in [3.05, 3.63) is 35.3 Å². The highest BCUT2D eigenvalue weighted by Gasteiger charge is 2.06. The van der Waals surface area contributed by atoms with Crippen LogP contribution in [-0.4, -0.2) is 32.1 Å². The minimum atomic E-state index is -3.26. The number of hydrogen-bond acceptors (Lipinski definition) is 5. The number of thiazole rings is 1. The van der Waals surface area contributed by atoms with Crippen LogP contribution in [0, 0.1) is 6.92 Å². The minimum Gasteiger partial charge on any atom is -0.326 e. The molecule has 22 heavy (non-hydrogen) atoms. The van der Waals surface area contributed by atoms with Gasteiger partial charge in [0.2, 0.25) is 15.9 Å². The second kappa shape index (κ2) is 6.99. The van der Waals surface area contributed by atoms with E-state index in [1.54, 1.807) is 23.5 Å². The fourth-order valence-corrected chi connectivity index (χ4v) is 3.03. The molecule has 1 heterocycles. The zero-order chi connectivity index (χ0) is 16.2. The summed E-state index contributed by atoms with van der Waals surface area (Å²) in [6.07, 6.45) is 1.14. The first kappa shape index (κ1) is 16.6. The monoisotopic (exact) mass is 339 g/mol. The summed E-state index contributed by atoms with van der Waals surface area (Å²) in [4.78, 5) is 16.1. The molecule has 1 amide bonds. The molecule has 0 bridgehead atoms. The highest BCUT2D eigenvalue weighted by Crippen LogP contribution is 2.24. The van der Waals surface area contributed by atoms with Crippen LogP contribution >= 0.6 is 11.3 Å². The Hall–Kier alpha value is -1.77. The van der Waals surface area contributed by atoms with Crippen LogP contribution < -0.4 is 10.0 Å². The highest BCUT2D eigenvalue weighted by molar-refractivity contribution is 7.88. The fourth-order valence-electron chi connectivity index (χ4n) is 1.76. The van der Waals surface area contributed by atoms with Gasteiger partial charge in [0.15, 0.2) is 0 Å². The lowest BCUT2D eigenvalue weighted by atomic mass is 10.2. The molecule has 0 atom stereocenters. The number of hydrogen-bond donors (Lipinski definition) is 2. The van der Waals surface area contributed by atoms with Crippen LogP contribution in [0.2, 0.25) is 0 Å². The van der Waals surface area contributed by atoms with Gasteiger partial charge in [-0.25, -0.2) is 18.1 Å². The number of nitrogens with one attached hydrogen (secondary N) is 2. The molecular formula is C14H17N3O3S2. The highest BCUT2D eigenvalue weighted by atomic mass is 32.2. The first-order valence-corrected chi connectivity index (χ1v) is 9.38. The molecule has 6 nitrogen and oxygen atoms in total. The number of nitrogens with zero attached hydrogens (tertiary/aromatic N) is 1. The van der Waals surface area contributed by atoms with E-state index in [0.29, 0.717) is 5.69 Å². The molecule has 118 valence electrons. The molecule has 0 saturated heterocycles. The molecule has 0 saturated carbocycles. The smallest absolute Gasteiger partial charge is 0.225 e. The molecule has 8 heteroatoms. The molecular weight excluding hydrogens is 322 g/mol. The predicted molar refractivity (Wildman–Crippen MR) is 88.4 cm³/mol. The molecule has 0 aliphatic carbocycles. The van der Waals surface area contributed by atoms with E-state index in [9.17, 15) is 13.2 Å². The van der Waals surface area contributed by atoms with Crippen molar-refractivity contribution in [3.8, 4) is 10.6 Å². The van der Waals surface area contributed by atoms with Gasteiger partial charge in [-0.15, -0.1) is 11.3 Å². The van der Waals surface area contributed by atoms with E-state index in [-0.39, 0.29) is 18.9 Å². The number of benzene rings is 1. The van der Waals surface area contributed by atoms with Gasteiger partial charge in [0.1, 0.15) is 5.01 Å². The van der Waals surface area contributed by atoms with Crippen molar-refractivity contribution < 1.29 is 13.2 Å². The van der Waals surface area contributed by atoms with E-state index in [2.05, 4.69) is 15.0 Å². The molecule has 0 unspecified atom stereocenters. The maximum Gasteiger partial charge on any atom is 0.225 e. The molecule has 0 spiro atoms. The molecule has 0 radical (unpaired) electrons. The Morgan fingerprint density at radius 3 is 2.50 bits per heavy atom. The van der Waals surface area contributed by atoms with Gasteiger partial charge in [0, 0.05) is 35.3 Å². The Morgan fingerprint density at radius 2 is 1.95 bits per heavy atom. The molecule has 1 aromatic heterocycles. The quantitative estimate of drug-likeness (QED) is 0.842. The third-order valence-corrected chi connectivity index (χ3v) is 4.49. The van der Waals surface area contributed by atoms with E-state index in [1.165, 1.54) is 0 Å². The van der Waals surface area contributed by atoms with Crippen molar-refractivity contribution >= 4 is 33.0 Å². The summed E-state index contributed by atoms with van der Waals surface area (Å²) in [6.45, 7) is 2.03. The standard InChI is InChI=1S/C14H17N3O3S2/c1-10-9-21-14(16-10)11-3-5-12(6-4-11)17-13(18)7-8-15-22(2,19)20/h3-6,9,15H,7-8H2,1-2H3,(H,17,18). The molecule has 2 rings (SSSR count). The van der Waals surface area contributed by atoms with Gasteiger partial charge >= 0.3 is 0 Å².